The Hall–Kier alpha value is -0.570. The van der Waals surface area contributed by atoms with E-state index in [0.29, 0.717) is 0 Å². The van der Waals surface area contributed by atoms with E-state index in [0.717, 1.165) is 18.0 Å². The highest BCUT2D eigenvalue weighted by Gasteiger charge is 2.38. The number of nitrogens with zero attached hydrogens (tertiary/aromatic N) is 1. The summed E-state index contributed by atoms with van der Waals surface area (Å²) in [5.41, 5.74) is 7.64. The van der Waals surface area contributed by atoms with Crippen LogP contribution in [0.4, 0.5) is 0 Å². The summed E-state index contributed by atoms with van der Waals surface area (Å²) < 4.78 is 0. The van der Waals surface area contributed by atoms with Gasteiger partial charge in [0.15, 0.2) is 0 Å². The van der Waals surface area contributed by atoms with Gasteiger partial charge in [0, 0.05) is 23.1 Å². The van der Waals surface area contributed by atoms with Crippen molar-refractivity contribution < 1.29 is 0 Å². The topological polar surface area (TPSA) is 29.3 Å². The Morgan fingerprint density at radius 1 is 1.35 bits per heavy atom. The van der Waals surface area contributed by atoms with E-state index in [4.69, 9.17) is 17.3 Å². The molecule has 1 saturated heterocycles. The first-order chi connectivity index (χ1) is 7.89. The smallest absolute Gasteiger partial charge is 0.0505 e. The van der Waals surface area contributed by atoms with Gasteiger partial charge in [0.05, 0.1) is 6.04 Å². The Kier molecular flexibility index (Phi) is 3.48. The highest BCUT2D eigenvalue weighted by molar-refractivity contribution is 6.30. The molecule has 2 N–H and O–H groups in total. The molecule has 0 spiro atoms. The fourth-order valence-corrected chi connectivity index (χ4v) is 2.89. The van der Waals surface area contributed by atoms with E-state index in [1.807, 2.05) is 18.2 Å². The van der Waals surface area contributed by atoms with Gasteiger partial charge in [-0.25, -0.2) is 0 Å². The van der Waals surface area contributed by atoms with Gasteiger partial charge >= 0.3 is 0 Å². The van der Waals surface area contributed by atoms with Crippen molar-refractivity contribution in [3.05, 3.63) is 34.9 Å². The first-order valence-corrected chi connectivity index (χ1v) is 6.55. The van der Waals surface area contributed by atoms with Crippen LogP contribution in [-0.2, 0) is 0 Å². The molecule has 17 heavy (non-hydrogen) atoms. The normalized spacial score (nSPS) is 26.4. The second kappa shape index (κ2) is 4.60. The number of nitrogens with two attached hydrogens (primary N) is 1. The van der Waals surface area contributed by atoms with Crippen molar-refractivity contribution >= 4 is 11.6 Å². The van der Waals surface area contributed by atoms with Crippen molar-refractivity contribution in [2.45, 2.75) is 44.8 Å². The van der Waals surface area contributed by atoms with Gasteiger partial charge in [0.2, 0.25) is 0 Å². The number of hydrogen-bond donors (Lipinski definition) is 1. The van der Waals surface area contributed by atoms with Gasteiger partial charge in [0.25, 0.3) is 0 Å². The fraction of sp³-hybridized carbons (Fsp3) is 0.571. The Balaban J connectivity index is 2.34. The van der Waals surface area contributed by atoms with Crippen LogP contribution in [0, 0.1) is 0 Å². The van der Waals surface area contributed by atoms with Crippen LogP contribution < -0.4 is 5.73 Å². The average Bonchev–Trinajstić information content (AvgIpc) is 2.59. The van der Waals surface area contributed by atoms with Crippen LogP contribution in [0.15, 0.2) is 24.3 Å². The van der Waals surface area contributed by atoms with Crippen LogP contribution in [0.3, 0.4) is 0 Å². The highest BCUT2D eigenvalue weighted by atomic mass is 35.5. The van der Waals surface area contributed by atoms with Gasteiger partial charge in [-0.1, -0.05) is 23.7 Å². The summed E-state index contributed by atoms with van der Waals surface area (Å²) in [6.07, 6.45) is 1.05. The third-order valence-electron chi connectivity index (χ3n) is 3.50. The minimum atomic E-state index is 0.140. The second-order valence-corrected chi connectivity index (χ2v) is 6.25. The summed E-state index contributed by atoms with van der Waals surface area (Å²) in [6.45, 7) is 7.77. The Bertz CT molecular complexity index is 397. The quantitative estimate of drug-likeness (QED) is 0.832. The third-order valence-corrected chi connectivity index (χ3v) is 3.73. The largest absolute Gasteiger partial charge is 0.326 e. The second-order valence-electron chi connectivity index (χ2n) is 5.82. The standard InChI is InChI=1S/C14H21ClN2/c1-14(2,3)17-8-7-12(16)13(17)10-5-4-6-11(15)9-10/h4-6,9,12-13H,7-8,16H2,1-3H3. The van der Waals surface area contributed by atoms with Gasteiger partial charge in [-0.3, -0.25) is 4.90 Å². The van der Waals surface area contributed by atoms with Crippen LogP contribution in [0.1, 0.15) is 38.8 Å². The molecule has 94 valence electrons. The zero-order valence-electron chi connectivity index (χ0n) is 10.8. The van der Waals surface area contributed by atoms with E-state index in [9.17, 15) is 0 Å². The molecule has 1 aromatic rings. The minimum Gasteiger partial charge on any atom is -0.326 e. The van der Waals surface area contributed by atoms with Gasteiger partial charge in [-0.2, -0.15) is 0 Å². The van der Waals surface area contributed by atoms with Crippen molar-refractivity contribution in [2.75, 3.05) is 6.54 Å². The van der Waals surface area contributed by atoms with E-state index in [1.54, 1.807) is 0 Å². The zero-order chi connectivity index (χ0) is 12.6. The van der Waals surface area contributed by atoms with Crippen LogP contribution >= 0.6 is 11.6 Å². The molecule has 3 heteroatoms. The maximum absolute atomic E-state index is 6.26. The molecule has 1 heterocycles. The molecule has 1 aliphatic heterocycles. The Morgan fingerprint density at radius 2 is 2.06 bits per heavy atom. The van der Waals surface area contributed by atoms with E-state index < -0.39 is 0 Å². The molecule has 0 radical (unpaired) electrons. The molecule has 2 atom stereocenters. The van der Waals surface area contributed by atoms with E-state index in [2.05, 4.69) is 31.7 Å². The number of likely N-dealkylation sites (tertiary alicyclic amines) is 1. The summed E-state index contributed by atoms with van der Waals surface area (Å²) in [6, 6.07) is 8.56. The zero-order valence-corrected chi connectivity index (χ0v) is 11.5. The van der Waals surface area contributed by atoms with Gasteiger partial charge in [-0.05, 0) is 44.9 Å². The first-order valence-electron chi connectivity index (χ1n) is 6.17. The lowest BCUT2D eigenvalue weighted by molar-refractivity contribution is 0.117. The molecule has 2 nitrogen and oxygen atoms in total. The Labute approximate surface area is 109 Å². The van der Waals surface area contributed by atoms with Crippen LogP contribution in [-0.4, -0.2) is 23.0 Å². The molecule has 2 unspecified atom stereocenters. The minimum absolute atomic E-state index is 0.140. The lowest BCUT2D eigenvalue weighted by Crippen LogP contribution is -2.43. The molecule has 2 rings (SSSR count). The molecule has 1 fully saturated rings. The van der Waals surface area contributed by atoms with E-state index in [1.165, 1.54) is 5.56 Å². The molecule has 0 amide bonds. The maximum atomic E-state index is 6.26. The van der Waals surface area contributed by atoms with Gasteiger partial charge in [0.1, 0.15) is 0 Å². The highest BCUT2D eigenvalue weighted by Crippen LogP contribution is 2.37. The van der Waals surface area contributed by atoms with Crippen LogP contribution in [0.5, 0.6) is 0 Å². The number of halogens is 1. The average molecular weight is 253 g/mol. The molecule has 0 aromatic heterocycles. The molecular formula is C14H21ClN2. The summed E-state index contributed by atoms with van der Waals surface area (Å²) in [4.78, 5) is 2.48. The molecule has 1 aromatic carbocycles. The van der Waals surface area contributed by atoms with E-state index >= 15 is 0 Å². The van der Waals surface area contributed by atoms with Crippen molar-refractivity contribution in [2.24, 2.45) is 5.73 Å². The van der Waals surface area contributed by atoms with Crippen molar-refractivity contribution in [1.29, 1.82) is 0 Å². The third kappa shape index (κ3) is 2.65. The number of benzene rings is 1. The molecule has 0 aliphatic carbocycles. The summed E-state index contributed by atoms with van der Waals surface area (Å²) >= 11 is 6.07. The summed E-state index contributed by atoms with van der Waals surface area (Å²) in [5.74, 6) is 0. The molecular weight excluding hydrogens is 232 g/mol. The predicted molar refractivity (Wildman–Crippen MR) is 73.2 cm³/mol. The summed E-state index contributed by atoms with van der Waals surface area (Å²) in [5, 5.41) is 0.787. The van der Waals surface area contributed by atoms with Gasteiger partial charge in [-0.15, -0.1) is 0 Å². The number of hydrogen-bond acceptors (Lipinski definition) is 2. The lowest BCUT2D eigenvalue weighted by atomic mass is 9.97. The van der Waals surface area contributed by atoms with E-state index in [-0.39, 0.29) is 17.6 Å². The first kappa shape index (κ1) is 12.9. The molecule has 1 aliphatic rings. The monoisotopic (exact) mass is 252 g/mol. The maximum Gasteiger partial charge on any atom is 0.0505 e. The molecule has 0 saturated carbocycles. The number of rotatable bonds is 1. The van der Waals surface area contributed by atoms with Crippen molar-refractivity contribution in [3.8, 4) is 0 Å². The fourth-order valence-electron chi connectivity index (χ4n) is 2.69. The molecule has 0 bridgehead atoms. The Morgan fingerprint density at radius 3 is 2.65 bits per heavy atom. The van der Waals surface area contributed by atoms with Crippen molar-refractivity contribution in [1.82, 2.24) is 4.90 Å². The predicted octanol–water partition coefficient (Wildman–Crippen LogP) is 3.21. The van der Waals surface area contributed by atoms with Crippen LogP contribution in [0.25, 0.3) is 0 Å². The lowest BCUT2D eigenvalue weighted by Gasteiger charge is -2.38. The van der Waals surface area contributed by atoms with Crippen LogP contribution in [0.2, 0.25) is 5.02 Å². The van der Waals surface area contributed by atoms with Gasteiger partial charge < -0.3 is 5.73 Å². The SMILES string of the molecule is CC(C)(C)N1CCC(N)C1c1cccc(Cl)c1. The summed E-state index contributed by atoms with van der Waals surface area (Å²) in [7, 11) is 0. The van der Waals surface area contributed by atoms with Crippen molar-refractivity contribution in [3.63, 3.8) is 0 Å².